The Kier molecular flexibility index (Phi) is 6.11. The van der Waals surface area contributed by atoms with Gasteiger partial charge in [-0.25, -0.2) is 19.8 Å². The third-order valence-corrected chi connectivity index (χ3v) is 5.67. The Balaban J connectivity index is 1.78. The number of hydrogen-bond acceptors (Lipinski definition) is 7. The molecule has 0 atom stereocenters. The van der Waals surface area contributed by atoms with Crippen molar-refractivity contribution < 1.29 is 18.8 Å². The highest BCUT2D eigenvalue weighted by molar-refractivity contribution is 14.1. The Hall–Kier alpha value is -2.77. The second-order valence-electron chi connectivity index (χ2n) is 5.97. The molecule has 0 aliphatic heterocycles. The van der Waals surface area contributed by atoms with Gasteiger partial charge >= 0.3 is 0 Å². The van der Waals surface area contributed by atoms with E-state index in [9.17, 15) is 9.18 Å². The lowest BCUT2D eigenvalue weighted by atomic mass is 10.2. The van der Waals surface area contributed by atoms with Gasteiger partial charge in [0, 0.05) is 3.57 Å². The number of anilines is 2. The van der Waals surface area contributed by atoms with E-state index in [-0.39, 0.29) is 24.5 Å². The number of fused-ring (bicyclic) bond motifs is 3. The summed E-state index contributed by atoms with van der Waals surface area (Å²) >= 11 is 3.33. The van der Waals surface area contributed by atoms with Gasteiger partial charge in [-0.1, -0.05) is 6.58 Å². The zero-order valence-electron chi connectivity index (χ0n) is 15.4. The van der Waals surface area contributed by atoms with E-state index in [1.54, 1.807) is 28.2 Å². The van der Waals surface area contributed by atoms with Crippen molar-refractivity contribution in [2.24, 2.45) is 0 Å². The zero-order valence-corrected chi connectivity index (χ0v) is 18.4. The van der Waals surface area contributed by atoms with Gasteiger partial charge in [0.05, 0.1) is 33.9 Å². The quantitative estimate of drug-likeness (QED) is 0.151. The molecular weight excluding hydrogens is 524 g/mol. The summed E-state index contributed by atoms with van der Waals surface area (Å²) in [5.74, 6) is -0.599. The van der Waals surface area contributed by atoms with Crippen LogP contribution in [-0.2, 0) is 9.57 Å². The molecule has 0 aliphatic carbocycles. The number of thiazole rings is 1. The lowest BCUT2D eigenvalue weighted by Crippen LogP contribution is -2.27. The molecule has 3 heterocycles. The number of nitrogens with zero attached hydrogens (tertiary/aromatic N) is 3. The van der Waals surface area contributed by atoms with Crippen LogP contribution in [0, 0.1) is 9.39 Å². The number of hydroxylamine groups is 1. The molecule has 2 N–H and O–H groups in total. The van der Waals surface area contributed by atoms with Crippen molar-refractivity contribution in [3.05, 3.63) is 64.0 Å². The number of nitrogens with one attached hydrogen (secondary N) is 2. The van der Waals surface area contributed by atoms with E-state index in [1.807, 2.05) is 22.6 Å². The standard InChI is InChI=1S/C19H15FIN5O3S/c1-2-28-5-6-29-25-19(27)15-17-16(23-10-30-17)14-8-22-9-26(14)18(15)24-13-4-3-11(21)7-12(13)20/h2-4,7-10,24H,1,5-6H2,(H,25,27). The molecule has 154 valence electrons. The second-order valence-corrected chi connectivity index (χ2v) is 8.07. The third-order valence-electron chi connectivity index (χ3n) is 4.15. The van der Waals surface area contributed by atoms with Gasteiger partial charge in [-0.3, -0.25) is 14.0 Å². The largest absolute Gasteiger partial charge is 0.499 e. The average Bonchev–Trinajstić information content (AvgIpc) is 3.38. The van der Waals surface area contributed by atoms with Crippen molar-refractivity contribution >= 4 is 67.1 Å². The number of rotatable bonds is 8. The summed E-state index contributed by atoms with van der Waals surface area (Å²) in [6, 6.07) is 4.79. The molecule has 4 aromatic rings. The van der Waals surface area contributed by atoms with Gasteiger partial charge in [0.1, 0.15) is 42.3 Å². The van der Waals surface area contributed by atoms with Crippen LogP contribution in [0.3, 0.4) is 0 Å². The van der Waals surface area contributed by atoms with Crippen LogP contribution in [-0.4, -0.2) is 33.5 Å². The summed E-state index contributed by atoms with van der Waals surface area (Å²) in [6.07, 6.45) is 4.47. The van der Waals surface area contributed by atoms with Gasteiger partial charge in [0.15, 0.2) is 0 Å². The Morgan fingerprint density at radius 3 is 3.07 bits per heavy atom. The van der Waals surface area contributed by atoms with Crippen LogP contribution in [0.5, 0.6) is 0 Å². The third kappa shape index (κ3) is 3.95. The number of carbonyl (C=O) groups is 1. The molecular formula is C19H15FIN5O3S. The minimum Gasteiger partial charge on any atom is -0.499 e. The first kappa shape index (κ1) is 20.5. The van der Waals surface area contributed by atoms with E-state index in [4.69, 9.17) is 9.57 Å². The van der Waals surface area contributed by atoms with Gasteiger partial charge in [0.25, 0.3) is 5.91 Å². The highest BCUT2D eigenvalue weighted by atomic mass is 127. The first-order valence-electron chi connectivity index (χ1n) is 8.68. The van der Waals surface area contributed by atoms with E-state index in [1.165, 1.54) is 30.0 Å². The first-order valence-corrected chi connectivity index (χ1v) is 10.6. The van der Waals surface area contributed by atoms with Gasteiger partial charge in [-0.15, -0.1) is 11.3 Å². The number of pyridine rings is 1. The van der Waals surface area contributed by atoms with Gasteiger partial charge in [0.2, 0.25) is 0 Å². The average molecular weight is 539 g/mol. The number of amides is 1. The summed E-state index contributed by atoms with van der Waals surface area (Å²) in [5.41, 5.74) is 5.84. The Morgan fingerprint density at radius 2 is 2.27 bits per heavy atom. The van der Waals surface area contributed by atoms with Crippen LogP contribution in [0.15, 0.2) is 49.1 Å². The van der Waals surface area contributed by atoms with Crippen molar-refractivity contribution in [1.29, 1.82) is 0 Å². The smallest absolute Gasteiger partial charge is 0.280 e. The van der Waals surface area contributed by atoms with Crippen molar-refractivity contribution in [3.8, 4) is 0 Å². The van der Waals surface area contributed by atoms with Crippen LogP contribution in [0.4, 0.5) is 15.9 Å². The van der Waals surface area contributed by atoms with Crippen LogP contribution >= 0.6 is 33.9 Å². The maximum atomic E-state index is 14.5. The van der Waals surface area contributed by atoms with Gasteiger partial charge < -0.3 is 10.1 Å². The molecule has 1 aromatic carbocycles. The zero-order chi connectivity index (χ0) is 21.1. The minimum absolute atomic E-state index is 0.130. The summed E-state index contributed by atoms with van der Waals surface area (Å²) in [5, 5.41) is 3.04. The maximum absolute atomic E-state index is 14.5. The van der Waals surface area contributed by atoms with Gasteiger partial charge in [-0.05, 0) is 40.8 Å². The molecule has 3 aromatic heterocycles. The van der Waals surface area contributed by atoms with Crippen LogP contribution < -0.4 is 10.8 Å². The minimum atomic E-state index is -0.508. The molecule has 30 heavy (non-hydrogen) atoms. The fourth-order valence-electron chi connectivity index (χ4n) is 2.87. The summed E-state index contributed by atoms with van der Waals surface area (Å²) in [6.45, 7) is 3.80. The summed E-state index contributed by atoms with van der Waals surface area (Å²) in [4.78, 5) is 26.8. The second kappa shape index (κ2) is 8.93. The molecule has 0 bridgehead atoms. The number of aromatic nitrogens is 3. The number of imidazole rings is 1. The number of benzene rings is 1. The number of hydrogen-bond donors (Lipinski definition) is 2. The van der Waals surface area contributed by atoms with Crippen LogP contribution in [0.25, 0.3) is 15.7 Å². The van der Waals surface area contributed by atoms with E-state index in [0.29, 0.717) is 21.6 Å². The van der Waals surface area contributed by atoms with Crippen molar-refractivity contribution in [2.45, 2.75) is 0 Å². The highest BCUT2D eigenvalue weighted by Gasteiger charge is 2.23. The molecule has 0 fully saturated rings. The maximum Gasteiger partial charge on any atom is 0.280 e. The molecule has 11 heteroatoms. The Morgan fingerprint density at radius 1 is 1.40 bits per heavy atom. The molecule has 1 amide bonds. The van der Waals surface area contributed by atoms with E-state index < -0.39 is 11.7 Å². The van der Waals surface area contributed by atoms with Crippen LogP contribution in [0.1, 0.15) is 10.4 Å². The fourth-order valence-corrected chi connectivity index (χ4v) is 4.17. The molecule has 0 saturated heterocycles. The number of carbonyl (C=O) groups excluding carboxylic acids is 1. The molecule has 0 spiro atoms. The van der Waals surface area contributed by atoms with Crippen molar-refractivity contribution in [1.82, 2.24) is 19.8 Å². The first-order chi connectivity index (χ1) is 14.6. The molecule has 0 aliphatic rings. The van der Waals surface area contributed by atoms with Crippen LogP contribution in [0.2, 0.25) is 0 Å². The fraction of sp³-hybridized carbons (Fsp3) is 0.105. The summed E-state index contributed by atoms with van der Waals surface area (Å²) in [7, 11) is 0. The lowest BCUT2D eigenvalue weighted by molar-refractivity contribution is 0.0146. The monoisotopic (exact) mass is 539 g/mol. The predicted octanol–water partition coefficient (Wildman–Crippen LogP) is 4.25. The Labute approximate surface area is 187 Å². The molecule has 0 saturated carbocycles. The molecule has 4 rings (SSSR count). The summed E-state index contributed by atoms with van der Waals surface area (Å²) < 4.78 is 22.5. The van der Waals surface area contributed by atoms with E-state index in [2.05, 4.69) is 27.3 Å². The normalized spacial score (nSPS) is 11.0. The number of ether oxygens (including phenoxy) is 1. The van der Waals surface area contributed by atoms with E-state index in [0.717, 1.165) is 3.57 Å². The SMILES string of the molecule is C=COCCONC(=O)c1c(Nc2ccc(I)cc2F)n2cncc2c2ncsc12. The lowest BCUT2D eigenvalue weighted by Gasteiger charge is -2.16. The van der Waals surface area contributed by atoms with Crippen molar-refractivity contribution in [2.75, 3.05) is 18.5 Å². The molecule has 0 radical (unpaired) electrons. The van der Waals surface area contributed by atoms with E-state index >= 15 is 0 Å². The van der Waals surface area contributed by atoms with Gasteiger partial charge in [-0.2, -0.15) is 0 Å². The highest BCUT2D eigenvalue weighted by Crippen LogP contribution is 2.34. The number of halogens is 2. The predicted molar refractivity (Wildman–Crippen MR) is 120 cm³/mol. The molecule has 0 unspecified atom stereocenters. The Bertz CT molecular complexity index is 1240. The topological polar surface area (TPSA) is 89.8 Å². The van der Waals surface area contributed by atoms with Crippen molar-refractivity contribution in [3.63, 3.8) is 0 Å². The molecule has 8 nitrogen and oxygen atoms in total.